The molecule has 0 aliphatic rings. The van der Waals surface area contributed by atoms with E-state index < -0.39 is 0 Å². The fraction of sp³-hybridized carbons (Fsp3) is 0.308. The molecule has 0 fully saturated rings. The van der Waals surface area contributed by atoms with Crippen LogP contribution in [0.4, 0.5) is 0 Å². The third kappa shape index (κ3) is 3.98. The molecule has 1 aromatic heterocycles. The fourth-order valence-electron chi connectivity index (χ4n) is 1.65. The Morgan fingerprint density at radius 1 is 1.45 bits per heavy atom. The van der Waals surface area contributed by atoms with E-state index in [9.17, 15) is 4.79 Å². The first kappa shape index (κ1) is 14.9. The van der Waals surface area contributed by atoms with Gasteiger partial charge in [-0.25, -0.2) is 0 Å². The highest BCUT2D eigenvalue weighted by Crippen LogP contribution is 2.17. The van der Waals surface area contributed by atoms with Crippen molar-refractivity contribution in [2.45, 2.75) is 18.1 Å². The first-order valence-corrected chi connectivity index (χ1v) is 7.44. The Morgan fingerprint density at radius 3 is 2.75 bits per heavy atom. The van der Waals surface area contributed by atoms with Gasteiger partial charge in [0.2, 0.25) is 5.91 Å². The second-order valence-corrected chi connectivity index (χ2v) is 5.73. The Labute approximate surface area is 126 Å². The molecule has 0 saturated carbocycles. The summed E-state index contributed by atoms with van der Waals surface area (Å²) in [6.45, 7) is 1.94. The van der Waals surface area contributed by atoms with E-state index >= 15 is 0 Å². The smallest absolute Gasteiger partial charge is 0.230 e. The summed E-state index contributed by atoms with van der Waals surface area (Å²) in [5, 5.41) is 12.0. The second kappa shape index (κ2) is 6.76. The van der Waals surface area contributed by atoms with E-state index in [-0.39, 0.29) is 11.9 Å². The summed E-state index contributed by atoms with van der Waals surface area (Å²) in [4.78, 5) is 11.9. The minimum Gasteiger partial charge on any atom is -0.349 e. The molecule has 2 rings (SSSR count). The molecule has 0 aliphatic carbocycles. The topological polar surface area (TPSA) is 59.8 Å². The van der Waals surface area contributed by atoms with E-state index in [1.807, 2.05) is 38.2 Å². The van der Waals surface area contributed by atoms with E-state index in [0.717, 1.165) is 10.7 Å². The van der Waals surface area contributed by atoms with Crippen molar-refractivity contribution < 1.29 is 4.79 Å². The molecule has 0 bridgehead atoms. The Hall–Kier alpha value is -1.53. The Morgan fingerprint density at radius 2 is 2.15 bits per heavy atom. The zero-order chi connectivity index (χ0) is 14.5. The Kier molecular flexibility index (Phi) is 5.03. The molecule has 2 aromatic rings. The fourth-order valence-corrected chi connectivity index (χ4v) is 2.48. The number of halogens is 1. The van der Waals surface area contributed by atoms with Crippen LogP contribution in [0, 0.1) is 0 Å². The molecule has 0 unspecified atom stereocenters. The van der Waals surface area contributed by atoms with Gasteiger partial charge < -0.3 is 9.88 Å². The van der Waals surface area contributed by atoms with Crippen LogP contribution in [-0.2, 0) is 11.8 Å². The minimum absolute atomic E-state index is 0.0413. The van der Waals surface area contributed by atoms with E-state index in [1.54, 1.807) is 10.9 Å². The number of rotatable bonds is 5. The molecule has 106 valence electrons. The van der Waals surface area contributed by atoms with Crippen LogP contribution in [0.5, 0.6) is 0 Å². The molecule has 7 heteroatoms. The van der Waals surface area contributed by atoms with Gasteiger partial charge in [0.05, 0.1) is 11.8 Å². The van der Waals surface area contributed by atoms with Gasteiger partial charge in [-0.15, -0.1) is 10.2 Å². The van der Waals surface area contributed by atoms with Gasteiger partial charge in [0.15, 0.2) is 5.16 Å². The molecule has 1 atom stereocenters. The monoisotopic (exact) mass is 310 g/mol. The van der Waals surface area contributed by atoms with Gasteiger partial charge >= 0.3 is 0 Å². The molecule has 1 heterocycles. The van der Waals surface area contributed by atoms with Crippen LogP contribution in [0.25, 0.3) is 0 Å². The van der Waals surface area contributed by atoms with E-state index in [4.69, 9.17) is 11.6 Å². The predicted molar refractivity (Wildman–Crippen MR) is 79.7 cm³/mol. The van der Waals surface area contributed by atoms with Crippen molar-refractivity contribution in [3.63, 3.8) is 0 Å². The molecule has 5 nitrogen and oxygen atoms in total. The predicted octanol–water partition coefficient (Wildman–Crippen LogP) is 2.44. The van der Waals surface area contributed by atoms with Crippen molar-refractivity contribution in [2.24, 2.45) is 7.05 Å². The number of aryl methyl sites for hydroxylation is 1. The molecule has 0 spiro atoms. The molecule has 20 heavy (non-hydrogen) atoms. The summed E-state index contributed by atoms with van der Waals surface area (Å²) in [5.74, 6) is 0.269. The largest absolute Gasteiger partial charge is 0.349 e. The number of carbonyl (C=O) groups excluding carboxylic acids is 1. The number of hydrogen-bond donors (Lipinski definition) is 1. The number of benzene rings is 1. The highest BCUT2D eigenvalue weighted by atomic mass is 35.5. The molecule has 0 aliphatic heterocycles. The average molecular weight is 311 g/mol. The quantitative estimate of drug-likeness (QED) is 0.862. The third-order valence-electron chi connectivity index (χ3n) is 2.75. The minimum atomic E-state index is -0.0557. The second-order valence-electron chi connectivity index (χ2n) is 4.35. The standard InChI is InChI=1S/C13H15ClN4OS/c1-9(10-3-5-11(14)6-4-10)16-12(19)7-20-13-17-15-8-18(13)2/h3-6,8-9H,7H2,1-2H3,(H,16,19)/t9-/m0/s1. The summed E-state index contributed by atoms with van der Waals surface area (Å²) in [7, 11) is 1.84. The van der Waals surface area contributed by atoms with Gasteiger partial charge in [-0.2, -0.15) is 0 Å². The zero-order valence-electron chi connectivity index (χ0n) is 11.2. The summed E-state index contributed by atoms with van der Waals surface area (Å²) < 4.78 is 1.78. The molecule has 1 amide bonds. The Balaban J connectivity index is 1.85. The van der Waals surface area contributed by atoms with Crippen LogP contribution in [-0.4, -0.2) is 26.4 Å². The summed E-state index contributed by atoms with van der Waals surface area (Å²) in [6, 6.07) is 7.38. The SMILES string of the molecule is C[C@H](NC(=O)CSc1nncn1C)c1ccc(Cl)cc1. The lowest BCUT2D eigenvalue weighted by atomic mass is 10.1. The third-order valence-corrected chi connectivity index (χ3v) is 4.04. The van der Waals surface area contributed by atoms with Gasteiger partial charge in [-0.1, -0.05) is 35.5 Å². The van der Waals surface area contributed by atoms with Crippen molar-refractivity contribution in [1.29, 1.82) is 0 Å². The van der Waals surface area contributed by atoms with Gasteiger partial charge in [-0.05, 0) is 24.6 Å². The molecule has 0 saturated heterocycles. The first-order valence-electron chi connectivity index (χ1n) is 6.08. The van der Waals surface area contributed by atoms with Crippen molar-refractivity contribution in [3.8, 4) is 0 Å². The first-order chi connectivity index (χ1) is 9.56. The summed E-state index contributed by atoms with van der Waals surface area (Å²) in [6.07, 6.45) is 1.61. The van der Waals surface area contributed by atoms with Crippen LogP contribution >= 0.6 is 23.4 Å². The molecule has 1 N–H and O–H groups in total. The normalized spacial score (nSPS) is 12.2. The van der Waals surface area contributed by atoms with Crippen molar-refractivity contribution in [1.82, 2.24) is 20.1 Å². The van der Waals surface area contributed by atoms with Crippen molar-refractivity contribution in [3.05, 3.63) is 41.2 Å². The van der Waals surface area contributed by atoms with E-state index in [2.05, 4.69) is 15.5 Å². The number of nitrogens with zero attached hydrogens (tertiary/aromatic N) is 3. The summed E-state index contributed by atoms with van der Waals surface area (Å²) in [5.41, 5.74) is 1.02. The number of nitrogens with one attached hydrogen (secondary N) is 1. The lowest BCUT2D eigenvalue weighted by Gasteiger charge is -2.14. The van der Waals surface area contributed by atoms with Crippen molar-refractivity contribution >= 4 is 29.3 Å². The van der Waals surface area contributed by atoms with Crippen LogP contribution in [0.2, 0.25) is 5.02 Å². The highest BCUT2D eigenvalue weighted by molar-refractivity contribution is 7.99. The maximum absolute atomic E-state index is 11.9. The van der Waals surface area contributed by atoms with Gasteiger partial charge in [-0.3, -0.25) is 4.79 Å². The van der Waals surface area contributed by atoms with Crippen LogP contribution < -0.4 is 5.32 Å². The lowest BCUT2D eigenvalue weighted by molar-refractivity contribution is -0.119. The van der Waals surface area contributed by atoms with Gasteiger partial charge in [0.1, 0.15) is 6.33 Å². The molecule has 0 radical (unpaired) electrons. The Bertz CT molecular complexity index is 584. The van der Waals surface area contributed by atoms with Crippen molar-refractivity contribution in [2.75, 3.05) is 5.75 Å². The number of amides is 1. The van der Waals surface area contributed by atoms with E-state index in [1.165, 1.54) is 11.8 Å². The summed E-state index contributed by atoms with van der Waals surface area (Å²) >= 11 is 7.20. The van der Waals surface area contributed by atoms with Crippen LogP contribution in [0.1, 0.15) is 18.5 Å². The zero-order valence-corrected chi connectivity index (χ0v) is 12.8. The lowest BCUT2D eigenvalue weighted by Crippen LogP contribution is -2.28. The van der Waals surface area contributed by atoms with Gasteiger partial charge in [0, 0.05) is 12.1 Å². The van der Waals surface area contributed by atoms with Crippen LogP contribution in [0.3, 0.4) is 0 Å². The number of hydrogen-bond acceptors (Lipinski definition) is 4. The number of carbonyl (C=O) groups is 1. The number of aromatic nitrogens is 3. The molecular formula is C13H15ClN4OS. The highest BCUT2D eigenvalue weighted by Gasteiger charge is 2.11. The molecule has 1 aromatic carbocycles. The van der Waals surface area contributed by atoms with E-state index in [0.29, 0.717) is 10.8 Å². The van der Waals surface area contributed by atoms with Crippen LogP contribution in [0.15, 0.2) is 35.7 Å². The average Bonchev–Trinajstić information content (AvgIpc) is 2.82. The molecular weight excluding hydrogens is 296 g/mol. The number of thioether (sulfide) groups is 1. The maximum atomic E-state index is 11.9. The van der Waals surface area contributed by atoms with Gasteiger partial charge in [0.25, 0.3) is 0 Å². The maximum Gasteiger partial charge on any atom is 0.230 e.